The molecule has 0 aliphatic carbocycles. The van der Waals surface area contributed by atoms with Crippen LogP contribution in [0.4, 0.5) is 0 Å². The minimum absolute atomic E-state index is 0.0291. The van der Waals surface area contributed by atoms with Gasteiger partial charge in [-0.05, 0) is 38.5 Å². The minimum atomic E-state index is -4.52. The van der Waals surface area contributed by atoms with Crippen LogP contribution >= 0.6 is 7.82 Å². The number of carbonyl (C=O) groups is 1. The summed E-state index contributed by atoms with van der Waals surface area (Å²) in [7, 11) is 1.37. The third-order valence-corrected chi connectivity index (χ3v) is 11.5. The first-order chi connectivity index (χ1) is 27.1. The summed E-state index contributed by atoms with van der Waals surface area (Å²) in [5.41, 5.74) is 0. The SMILES string of the molecule is CCCCCCCCCC/C=C\CCCCCCCCCCCC(=O)OC(COCCCCCCCCCCCCCCC)COP(=O)([O-])OCC[N+](C)(C)C. The van der Waals surface area contributed by atoms with Gasteiger partial charge < -0.3 is 27.9 Å². The van der Waals surface area contributed by atoms with E-state index < -0.39 is 13.9 Å². The van der Waals surface area contributed by atoms with Gasteiger partial charge in [0.1, 0.15) is 19.3 Å². The molecule has 0 saturated heterocycles. The molecule has 2 atom stereocenters. The quantitative estimate of drug-likeness (QED) is 0.0199. The number of phosphoric ester groups is 1. The summed E-state index contributed by atoms with van der Waals surface area (Å²) < 4.78 is 34.6. The smallest absolute Gasteiger partial charge is 0.306 e. The van der Waals surface area contributed by atoms with Crippen LogP contribution in [0.15, 0.2) is 12.2 Å². The zero-order chi connectivity index (χ0) is 41.3. The zero-order valence-corrected chi connectivity index (χ0v) is 38.7. The number of quaternary nitrogens is 1. The second kappa shape index (κ2) is 41.0. The molecule has 0 aromatic carbocycles. The van der Waals surface area contributed by atoms with Gasteiger partial charge in [0.25, 0.3) is 7.82 Å². The Kier molecular flexibility index (Phi) is 40.4. The minimum Gasteiger partial charge on any atom is -0.756 e. The van der Waals surface area contributed by atoms with Gasteiger partial charge in [-0.3, -0.25) is 9.36 Å². The van der Waals surface area contributed by atoms with Crippen LogP contribution in [0.25, 0.3) is 0 Å². The molecule has 0 heterocycles. The largest absolute Gasteiger partial charge is 0.756 e. The van der Waals surface area contributed by atoms with Crippen LogP contribution in [0.5, 0.6) is 0 Å². The average molecular weight is 816 g/mol. The second-order valence-electron chi connectivity index (χ2n) is 17.5. The normalized spacial score (nSPS) is 13.8. The molecule has 56 heavy (non-hydrogen) atoms. The van der Waals surface area contributed by atoms with Crippen LogP contribution in [0.3, 0.4) is 0 Å². The van der Waals surface area contributed by atoms with Gasteiger partial charge in [0.05, 0.1) is 34.4 Å². The van der Waals surface area contributed by atoms with Gasteiger partial charge in [-0.15, -0.1) is 0 Å². The summed E-state index contributed by atoms with van der Waals surface area (Å²) >= 11 is 0. The fraction of sp³-hybridized carbons (Fsp3) is 0.936. The molecule has 0 radical (unpaired) electrons. The number of nitrogens with zero attached hydrogens (tertiary/aromatic N) is 1. The molecule has 0 amide bonds. The maximum Gasteiger partial charge on any atom is 0.306 e. The number of esters is 1. The molecule has 0 fully saturated rings. The highest BCUT2D eigenvalue weighted by atomic mass is 31.2. The van der Waals surface area contributed by atoms with Crippen molar-refractivity contribution >= 4 is 13.8 Å². The van der Waals surface area contributed by atoms with E-state index in [0.717, 1.165) is 32.1 Å². The number of likely N-dealkylation sites (N-methyl/N-ethyl adjacent to an activating group) is 1. The number of ether oxygens (including phenoxy) is 2. The summed E-state index contributed by atoms with van der Waals surface area (Å²) in [4.78, 5) is 25.1. The van der Waals surface area contributed by atoms with Gasteiger partial charge in [0, 0.05) is 13.0 Å². The van der Waals surface area contributed by atoms with Gasteiger partial charge in [0.2, 0.25) is 0 Å². The molecule has 9 heteroatoms. The zero-order valence-electron chi connectivity index (χ0n) is 37.9. The molecule has 0 aliphatic heterocycles. The van der Waals surface area contributed by atoms with E-state index in [1.165, 1.54) is 173 Å². The molecule has 0 rings (SSSR count). The van der Waals surface area contributed by atoms with Gasteiger partial charge >= 0.3 is 5.97 Å². The van der Waals surface area contributed by atoms with Crippen molar-refractivity contribution < 1.29 is 37.3 Å². The topological polar surface area (TPSA) is 94.1 Å². The van der Waals surface area contributed by atoms with Gasteiger partial charge in [0.15, 0.2) is 0 Å². The maximum absolute atomic E-state index is 12.7. The number of carbonyl (C=O) groups excluding carboxylic acids is 1. The number of hydrogen-bond donors (Lipinski definition) is 0. The van der Waals surface area contributed by atoms with Gasteiger partial charge in [-0.2, -0.15) is 0 Å². The van der Waals surface area contributed by atoms with Crippen molar-refractivity contribution in [3.63, 3.8) is 0 Å². The Bertz CT molecular complexity index is 909. The first kappa shape index (κ1) is 55.2. The lowest BCUT2D eigenvalue weighted by atomic mass is 10.0. The highest BCUT2D eigenvalue weighted by molar-refractivity contribution is 7.45. The van der Waals surface area contributed by atoms with Crippen molar-refractivity contribution in [3.05, 3.63) is 12.2 Å². The Morgan fingerprint density at radius 3 is 1.36 bits per heavy atom. The van der Waals surface area contributed by atoms with E-state index in [0.29, 0.717) is 24.1 Å². The molecule has 0 bridgehead atoms. The predicted octanol–water partition coefficient (Wildman–Crippen LogP) is 13.6. The third-order valence-electron chi connectivity index (χ3n) is 10.6. The van der Waals surface area contributed by atoms with Gasteiger partial charge in [-0.1, -0.05) is 193 Å². The molecule has 2 unspecified atom stereocenters. The number of phosphoric acid groups is 1. The fourth-order valence-corrected chi connectivity index (χ4v) is 7.57. The van der Waals surface area contributed by atoms with Crippen molar-refractivity contribution in [1.82, 2.24) is 0 Å². The monoisotopic (exact) mass is 816 g/mol. The molecule has 0 aromatic rings. The van der Waals surface area contributed by atoms with E-state index in [1.54, 1.807) is 0 Å². The Morgan fingerprint density at radius 2 is 0.929 bits per heavy atom. The Labute approximate surface area is 348 Å². The number of unbranched alkanes of at least 4 members (excludes halogenated alkanes) is 29. The van der Waals surface area contributed by atoms with Crippen LogP contribution in [0.1, 0.15) is 226 Å². The lowest BCUT2D eigenvalue weighted by molar-refractivity contribution is -0.870. The Balaban J connectivity index is 4.12. The lowest BCUT2D eigenvalue weighted by Crippen LogP contribution is -2.37. The number of allylic oxidation sites excluding steroid dienone is 2. The first-order valence-electron chi connectivity index (χ1n) is 23.9. The van der Waals surface area contributed by atoms with E-state index in [-0.39, 0.29) is 25.8 Å². The predicted molar refractivity (Wildman–Crippen MR) is 236 cm³/mol. The average Bonchev–Trinajstić information content (AvgIpc) is 3.15. The third kappa shape index (κ3) is 44.3. The molecule has 0 aromatic heterocycles. The molecular weight excluding hydrogens is 721 g/mol. The number of hydrogen-bond acceptors (Lipinski definition) is 7. The highest BCUT2D eigenvalue weighted by Gasteiger charge is 2.20. The van der Waals surface area contributed by atoms with E-state index in [1.807, 2.05) is 21.1 Å². The van der Waals surface area contributed by atoms with Crippen LogP contribution < -0.4 is 4.89 Å². The van der Waals surface area contributed by atoms with Crippen LogP contribution in [-0.4, -0.2) is 70.7 Å². The first-order valence-corrected chi connectivity index (χ1v) is 25.4. The molecule has 0 spiro atoms. The Morgan fingerprint density at radius 1 is 0.536 bits per heavy atom. The summed E-state index contributed by atoms with van der Waals surface area (Å²) in [6.45, 7) is 5.46. The summed E-state index contributed by atoms with van der Waals surface area (Å²) in [6.07, 6.45) is 45.1. The lowest BCUT2D eigenvalue weighted by Gasteiger charge is -2.28. The molecule has 334 valence electrons. The van der Waals surface area contributed by atoms with Crippen molar-refractivity contribution in [3.8, 4) is 0 Å². The van der Waals surface area contributed by atoms with Crippen molar-refractivity contribution in [2.24, 2.45) is 0 Å². The van der Waals surface area contributed by atoms with Crippen molar-refractivity contribution in [2.45, 2.75) is 232 Å². The summed E-state index contributed by atoms with van der Waals surface area (Å²) in [5, 5.41) is 0. The standard InChI is InChI=1S/C47H94NO7P/c1-6-8-10-12-14-16-18-20-21-22-23-24-25-26-27-28-30-32-34-36-38-40-47(49)55-46(45-54-56(50,51)53-43-41-48(3,4)5)44-52-42-39-37-35-33-31-29-19-17-15-13-11-9-7-2/h22-23,46H,6-21,24-45H2,1-5H3/b23-22-. The van der Waals surface area contributed by atoms with Crippen molar-refractivity contribution in [2.75, 3.05) is 54.1 Å². The van der Waals surface area contributed by atoms with E-state index in [2.05, 4.69) is 26.0 Å². The van der Waals surface area contributed by atoms with Crippen LogP contribution in [0, 0.1) is 0 Å². The van der Waals surface area contributed by atoms with E-state index in [4.69, 9.17) is 18.5 Å². The molecule has 0 N–H and O–H groups in total. The fourth-order valence-electron chi connectivity index (χ4n) is 6.84. The van der Waals surface area contributed by atoms with E-state index >= 15 is 0 Å². The molecule has 0 saturated carbocycles. The van der Waals surface area contributed by atoms with Gasteiger partial charge in [-0.25, -0.2) is 0 Å². The van der Waals surface area contributed by atoms with E-state index in [9.17, 15) is 14.3 Å². The van der Waals surface area contributed by atoms with Crippen molar-refractivity contribution in [1.29, 1.82) is 0 Å². The Hall–Kier alpha value is -0.760. The summed E-state index contributed by atoms with van der Waals surface area (Å²) in [5.74, 6) is -0.332. The highest BCUT2D eigenvalue weighted by Crippen LogP contribution is 2.38. The van der Waals surface area contributed by atoms with Crippen LogP contribution in [0.2, 0.25) is 0 Å². The molecule has 0 aliphatic rings. The maximum atomic E-state index is 12.7. The second-order valence-corrected chi connectivity index (χ2v) is 18.9. The molecule has 8 nitrogen and oxygen atoms in total. The number of rotatable bonds is 45. The molecular formula is C47H94NO7P. The summed E-state index contributed by atoms with van der Waals surface area (Å²) in [6, 6.07) is 0. The van der Waals surface area contributed by atoms with Crippen LogP contribution in [-0.2, 0) is 27.9 Å².